The molecule has 10 nitrogen and oxygen atoms in total. The number of alkyl carbamates (subject to hydrolysis) is 1. The number of pyridine rings is 1. The molecule has 2 heterocycles. The molecule has 0 aliphatic rings. The molecule has 3 aromatic rings. The Kier molecular flexibility index (Phi) is 7.60. The van der Waals surface area contributed by atoms with Crippen LogP contribution in [0.5, 0.6) is 5.75 Å². The summed E-state index contributed by atoms with van der Waals surface area (Å²) in [6.07, 6.45) is 1.04. The second-order valence-corrected chi connectivity index (χ2v) is 8.84. The number of benzene rings is 1. The summed E-state index contributed by atoms with van der Waals surface area (Å²) in [7, 11) is 3.41. The molecule has 0 saturated carbocycles. The first kappa shape index (κ1) is 24.8. The number of anilines is 1. The van der Waals surface area contributed by atoms with Crippen LogP contribution in [-0.4, -0.2) is 52.6 Å². The van der Waals surface area contributed by atoms with Crippen LogP contribution in [0.3, 0.4) is 0 Å². The van der Waals surface area contributed by atoms with Crippen LogP contribution < -0.4 is 20.7 Å². The number of aryl methyl sites for hydroxylation is 2. The lowest BCUT2D eigenvalue weighted by Crippen LogP contribution is -2.35. The number of ether oxygens (including phenoxy) is 2. The number of hydrogen-bond donors (Lipinski definition) is 3. The Morgan fingerprint density at radius 1 is 1.09 bits per heavy atom. The fourth-order valence-corrected chi connectivity index (χ4v) is 3.45. The highest BCUT2D eigenvalue weighted by atomic mass is 16.6. The van der Waals surface area contributed by atoms with Crippen LogP contribution in [-0.2, 0) is 18.3 Å². The van der Waals surface area contributed by atoms with Gasteiger partial charge in [0.1, 0.15) is 11.4 Å². The van der Waals surface area contributed by atoms with Crippen LogP contribution in [0.15, 0.2) is 30.5 Å². The maximum Gasteiger partial charge on any atom is 0.407 e. The van der Waals surface area contributed by atoms with Crippen molar-refractivity contribution in [3.8, 4) is 5.75 Å². The standard InChI is InChI=1S/C24H32N6O4/c1-15-19-20(25-11-12-26-23(32)34-24(2,3)4)18(14-27-21(19)30(5)29-15)22(31)28-13-16-7-9-17(33-6)10-8-16/h7-10,14H,11-13H2,1-6H3,(H,25,27)(H,26,32)(H,28,31). The van der Waals surface area contributed by atoms with Crippen molar-refractivity contribution in [1.82, 2.24) is 25.4 Å². The third-order valence-corrected chi connectivity index (χ3v) is 4.98. The molecule has 0 radical (unpaired) electrons. The number of nitrogens with zero attached hydrogens (tertiary/aromatic N) is 3. The Morgan fingerprint density at radius 3 is 2.44 bits per heavy atom. The van der Waals surface area contributed by atoms with Crippen LogP contribution >= 0.6 is 0 Å². The van der Waals surface area contributed by atoms with Gasteiger partial charge in [0, 0.05) is 32.9 Å². The SMILES string of the molecule is COc1ccc(CNC(=O)c2cnc3c(c(C)nn3C)c2NCCNC(=O)OC(C)(C)C)cc1. The summed E-state index contributed by atoms with van der Waals surface area (Å²) < 4.78 is 12.1. The summed E-state index contributed by atoms with van der Waals surface area (Å²) in [6.45, 7) is 8.33. The summed E-state index contributed by atoms with van der Waals surface area (Å²) in [5.74, 6) is 0.485. The maximum atomic E-state index is 13.1. The van der Waals surface area contributed by atoms with E-state index in [4.69, 9.17) is 9.47 Å². The van der Waals surface area contributed by atoms with E-state index in [9.17, 15) is 9.59 Å². The van der Waals surface area contributed by atoms with E-state index in [1.165, 1.54) is 6.20 Å². The number of carbonyl (C=O) groups excluding carboxylic acids is 2. The van der Waals surface area contributed by atoms with Gasteiger partial charge in [-0.25, -0.2) is 9.78 Å². The van der Waals surface area contributed by atoms with E-state index in [2.05, 4.69) is 26.0 Å². The van der Waals surface area contributed by atoms with Crippen LogP contribution in [0.4, 0.5) is 10.5 Å². The van der Waals surface area contributed by atoms with Gasteiger partial charge >= 0.3 is 6.09 Å². The van der Waals surface area contributed by atoms with Gasteiger partial charge in [-0.15, -0.1) is 0 Å². The number of amides is 2. The minimum Gasteiger partial charge on any atom is -0.497 e. The van der Waals surface area contributed by atoms with Crippen LogP contribution in [0.2, 0.25) is 0 Å². The lowest BCUT2D eigenvalue weighted by atomic mass is 10.1. The van der Waals surface area contributed by atoms with Crippen molar-refractivity contribution in [3.05, 3.63) is 47.3 Å². The predicted molar refractivity (Wildman–Crippen MR) is 130 cm³/mol. The zero-order valence-electron chi connectivity index (χ0n) is 20.5. The zero-order valence-corrected chi connectivity index (χ0v) is 20.5. The van der Waals surface area contributed by atoms with Gasteiger partial charge in [0.05, 0.1) is 29.4 Å². The van der Waals surface area contributed by atoms with Crippen molar-refractivity contribution < 1.29 is 19.1 Å². The van der Waals surface area contributed by atoms with Gasteiger partial charge in [-0.1, -0.05) is 12.1 Å². The lowest BCUT2D eigenvalue weighted by Gasteiger charge is -2.20. The molecule has 0 aliphatic carbocycles. The number of rotatable bonds is 8. The van der Waals surface area contributed by atoms with Gasteiger partial charge in [0.15, 0.2) is 5.65 Å². The van der Waals surface area contributed by atoms with Gasteiger partial charge in [-0.05, 0) is 45.4 Å². The van der Waals surface area contributed by atoms with Crippen molar-refractivity contribution in [2.24, 2.45) is 7.05 Å². The second-order valence-electron chi connectivity index (χ2n) is 8.84. The average molecular weight is 469 g/mol. The van der Waals surface area contributed by atoms with Gasteiger partial charge < -0.3 is 25.4 Å². The van der Waals surface area contributed by atoms with Gasteiger partial charge in [0.25, 0.3) is 5.91 Å². The monoisotopic (exact) mass is 468 g/mol. The Morgan fingerprint density at radius 2 is 1.79 bits per heavy atom. The van der Waals surface area contributed by atoms with Gasteiger partial charge in [-0.3, -0.25) is 9.48 Å². The van der Waals surface area contributed by atoms with E-state index >= 15 is 0 Å². The summed E-state index contributed by atoms with van der Waals surface area (Å²) >= 11 is 0. The van der Waals surface area contributed by atoms with E-state index in [0.717, 1.165) is 22.4 Å². The summed E-state index contributed by atoms with van der Waals surface area (Å²) in [6, 6.07) is 7.48. The lowest BCUT2D eigenvalue weighted by molar-refractivity contribution is 0.0529. The third kappa shape index (κ3) is 6.15. The molecule has 0 saturated heterocycles. The Balaban J connectivity index is 1.75. The van der Waals surface area contributed by atoms with E-state index in [-0.39, 0.29) is 5.91 Å². The van der Waals surface area contributed by atoms with Crippen LogP contribution in [0.1, 0.15) is 42.4 Å². The first-order chi connectivity index (χ1) is 16.1. The molecule has 0 aliphatic heterocycles. The molecule has 34 heavy (non-hydrogen) atoms. The minimum absolute atomic E-state index is 0.268. The smallest absolute Gasteiger partial charge is 0.407 e. The van der Waals surface area contributed by atoms with Crippen molar-refractivity contribution >= 4 is 28.7 Å². The van der Waals surface area contributed by atoms with E-state index in [1.807, 2.05) is 31.2 Å². The highest BCUT2D eigenvalue weighted by Crippen LogP contribution is 2.28. The van der Waals surface area contributed by atoms with Crippen molar-refractivity contribution in [2.75, 3.05) is 25.5 Å². The molecule has 3 rings (SSSR count). The molecule has 0 atom stereocenters. The number of aromatic nitrogens is 3. The number of methoxy groups -OCH3 is 1. The summed E-state index contributed by atoms with van der Waals surface area (Å²) in [5.41, 5.74) is 2.79. The van der Waals surface area contributed by atoms with Crippen molar-refractivity contribution in [2.45, 2.75) is 39.8 Å². The number of fused-ring (bicyclic) bond motifs is 1. The van der Waals surface area contributed by atoms with Crippen molar-refractivity contribution in [3.63, 3.8) is 0 Å². The molecule has 0 unspecified atom stereocenters. The molecule has 0 bridgehead atoms. The van der Waals surface area contributed by atoms with Crippen LogP contribution in [0, 0.1) is 6.92 Å². The summed E-state index contributed by atoms with van der Waals surface area (Å²) in [5, 5.41) is 14.1. The fourth-order valence-electron chi connectivity index (χ4n) is 3.45. The average Bonchev–Trinajstić information content (AvgIpc) is 3.07. The maximum absolute atomic E-state index is 13.1. The molecule has 10 heteroatoms. The first-order valence-electron chi connectivity index (χ1n) is 11.0. The first-order valence-corrected chi connectivity index (χ1v) is 11.0. The molecule has 182 valence electrons. The molecular weight excluding hydrogens is 436 g/mol. The Labute approximate surface area is 199 Å². The normalized spacial score (nSPS) is 11.2. The van der Waals surface area contributed by atoms with Gasteiger partial charge in [0.2, 0.25) is 0 Å². The van der Waals surface area contributed by atoms with Gasteiger partial charge in [-0.2, -0.15) is 5.10 Å². The molecule has 3 N–H and O–H groups in total. The molecule has 0 spiro atoms. The highest BCUT2D eigenvalue weighted by molar-refractivity contribution is 6.07. The highest BCUT2D eigenvalue weighted by Gasteiger charge is 2.20. The Hall–Kier alpha value is -3.82. The predicted octanol–water partition coefficient (Wildman–Crippen LogP) is 3.15. The molecule has 0 fully saturated rings. The van der Waals surface area contributed by atoms with Crippen LogP contribution in [0.25, 0.3) is 11.0 Å². The quantitative estimate of drug-likeness (QED) is 0.435. The van der Waals surface area contributed by atoms with Crippen molar-refractivity contribution in [1.29, 1.82) is 0 Å². The van der Waals surface area contributed by atoms with E-state index in [0.29, 0.717) is 36.5 Å². The Bertz CT molecular complexity index is 1160. The second kappa shape index (κ2) is 10.4. The third-order valence-electron chi connectivity index (χ3n) is 4.98. The number of carbonyl (C=O) groups is 2. The topological polar surface area (TPSA) is 119 Å². The minimum atomic E-state index is -0.573. The fraction of sp³-hybridized carbons (Fsp3) is 0.417. The van der Waals surface area contributed by atoms with E-state index < -0.39 is 11.7 Å². The largest absolute Gasteiger partial charge is 0.497 e. The molecule has 2 aromatic heterocycles. The summed E-state index contributed by atoms with van der Waals surface area (Å²) in [4.78, 5) is 29.5. The molecular formula is C24H32N6O4. The number of hydrogen-bond acceptors (Lipinski definition) is 7. The molecule has 2 amide bonds. The molecule has 1 aromatic carbocycles. The number of nitrogens with one attached hydrogen (secondary N) is 3. The zero-order chi connectivity index (χ0) is 24.9. The van der Waals surface area contributed by atoms with E-state index in [1.54, 1.807) is 39.6 Å².